The number of fused-ring (bicyclic) bond motifs is 1. The number of nitrogens with one attached hydrogen (secondary N) is 1. The Bertz CT molecular complexity index is 782. The number of carbonyl (C=O) groups is 1. The molecule has 106 valence electrons. The van der Waals surface area contributed by atoms with Gasteiger partial charge in [0.15, 0.2) is 0 Å². The minimum absolute atomic E-state index is 0.239. The van der Waals surface area contributed by atoms with E-state index in [0.29, 0.717) is 5.69 Å². The quantitative estimate of drug-likeness (QED) is 0.804. The molecule has 1 heterocycles. The van der Waals surface area contributed by atoms with Crippen LogP contribution in [-0.4, -0.2) is 20.9 Å². The molecule has 3 rings (SSSR count). The lowest BCUT2D eigenvalue weighted by molar-refractivity contribution is -0.119. The van der Waals surface area contributed by atoms with Crippen LogP contribution in [0.2, 0.25) is 0 Å². The molecule has 0 saturated carbocycles. The van der Waals surface area contributed by atoms with Crippen LogP contribution in [0, 0.1) is 5.82 Å². The van der Waals surface area contributed by atoms with Crippen molar-refractivity contribution in [2.24, 2.45) is 0 Å². The Morgan fingerprint density at radius 2 is 1.90 bits per heavy atom. The van der Waals surface area contributed by atoms with Crippen LogP contribution < -0.4 is 5.32 Å². The van der Waals surface area contributed by atoms with Crippen LogP contribution in [0.5, 0.6) is 0 Å². The van der Waals surface area contributed by atoms with E-state index < -0.39 is 6.04 Å². The lowest BCUT2D eigenvalue weighted by Crippen LogP contribution is -2.24. The smallest absolute Gasteiger partial charge is 0.249 e. The molecule has 3 aromatic rings. The lowest BCUT2D eigenvalue weighted by atomic mass is 10.2. The summed E-state index contributed by atoms with van der Waals surface area (Å²) in [6, 6.07) is 12.5. The molecule has 0 aliphatic rings. The summed E-state index contributed by atoms with van der Waals surface area (Å²) in [5, 5.41) is 10.8. The summed E-state index contributed by atoms with van der Waals surface area (Å²) in [6.45, 7) is 1.74. The standard InChI is InChI=1S/C15H13FN4O/c1-10(15(21)17-12-8-6-11(16)7-9-12)20-14-5-3-2-4-13(14)18-19-20/h2-10H,1H3,(H,17,21). The van der Waals surface area contributed by atoms with Crippen LogP contribution in [0.15, 0.2) is 48.5 Å². The predicted octanol–water partition coefficient (Wildman–Crippen LogP) is 2.77. The van der Waals surface area contributed by atoms with Crippen LogP contribution in [0.1, 0.15) is 13.0 Å². The molecule has 1 amide bonds. The van der Waals surface area contributed by atoms with Crippen LogP contribution in [0.4, 0.5) is 10.1 Å². The third-order valence-electron chi connectivity index (χ3n) is 3.24. The maximum atomic E-state index is 12.8. The van der Waals surface area contributed by atoms with Crippen LogP contribution in [0.3, 0.4) is 0 Å². The molecule has 0 radical (unpaired) electrons. The molecule has 0 aliphatic heterocycles. The monoisotopic (exact) mass is 284 g/mol. The lowest BCUT2D eigenvalue weighted by Gasteiger charge is -2.13. The predicted molar refractivity (Wildman–Crippen MR) is 77.3 cm³/mol. The number of aromatic nitrogens is 3. The molecule has 0 fully saturated rings. The van der Waals surface area contributed by atoms with E-state index in [1.54, 1.807) is 11.6 Å². The maximum absolute atomic E-state index is 12.8. The van der Waals surface area contributed by atoms with Gasteiger partial charge in [-0.2, -0.15) is 0 Å². The van der Waals surface area contributed by atoms with Gasteiger partial charge >= 0.3 is 0 Å². The molecule has 2 aromatic carbocycles. The summed E-state index contributed by atoms with van der Waals surface area (Å²) in [5.74, 6) is -0.583. The van der Waals surface area contributed by atoms with Gasteiger partial charge in [0, 0.05) is 5.69 Å². The second-order valence-electron chi connectivity index (χ2n) is 4.69. The number of anilines is 1. The first-order chi connectivity index (χ1) is 10.1. The van der Waals surface area contributed by atoms with E-state index in [4.69, 9.17) is 0 Å². The van der Waals surface area contributed by atoms with Crippen molar-refractivity contribution in [2.75, 3.05) is 5.32 Å². The molecule has 0 bridgehead atoms. The van der Waals surface area contributed by atoms with Gasteiger partial charge in [-0.15, -0.1) is 5.10 Å². The van der Waals surface area contributed by atoms with Gasteiger partial charge in [0.2, 0.25) is 5.91 Å². The summed E-state index contributed by atoms with van der Waals surface area (Å²) in [4.78, 5) is 12.2. The number of carbonyl (C=O) groups excluding carboxylic acids is 1. The average Bonchev–Trinajstić information content (AvgIpc) is 2.92. The summed E-state index contributed by atoms with van der Waals surface area (Å²) < 4.78 is 14.4. The third kappa shape index (κ3) is 2.60. The highest BCUT2D eigenvalue weighted by Crippen LogP contribution is 2.17. The molecule has 5 nitrogen and oxygen atoms in total. The molecular formula is C15H13FN4O. The highest BCUT2D eigenvalue weighted by molar-refractivity contribution is 5.94. The number of hydrogen-bond acceptors (Lipinski definition) is 3. The zero-order valence-electron chi connectivity index (χ0n) is 11.3. The van der Waals surface area contributed by atoms with Gasteiger partial charge in [0.05, 0.1) is 5.52 Å². The Hall–Kier alpha value is -2.76. The highest BCUT2D eigenvalue weighted by atomic mass is 19.1. The van der Waals surface area contributed by atoms with E-state index in [1.807, 2.05) is 24.3 Å². The van der Waals surface area contributed by atoms with Gasteiger partial charge < -0.3 is 5.32 Å². The third-order valence-corrected chi connectivity index (χ3v) is 3.24. The average molecular weight is 284 g/mol. The van der Waals surface area contributed by atoms with E-state index in [9.17, 15) is 9.18 Å². The number of para-hydroxylation sites is 1. The van der Waals surface area contributed by atoms with Crippen molar-refractivity contribution in [1.82, 2.24) is 15.0 Å². The number of hydrogen-bond donors (Lipinski definition) is 1. The van der Waals surface area contributed by atoms with Crippen molar-refractivity contribution in [1.29, 1.82) is 0 Å². The van der Waals surface area contributed by atoms with Crippen LogP contribution >= 0.6 is 0 Å². The SMILES string of the molecule is CC(C(=O)Nc1ccc(F)cc1)n1nnc2ccccc21. The van der Waals surface area contributed by atoms with E-state index in [1.165, 1.54) is 24.3 Å². The van der Waals surface area contributed by atoms with Crippen LogP contribution in [0.25, 0.3) is 11.0 Å². The number of nitrogens with zero attached hydrogens (tertiary/aromatic N) is 3. The van der Waals surface area contributed by atoms with E-state index in [0.717, 1.165) is 11.0 Å². The Balaban J connectivity index is 1.82. The van der Waals surface area contributed by atoms with E-state index in [-0.39, 0.29) is 11.7 Å². The van der Waals surface area contributed by atoms with E-state index in [2.05, 4.69) is 15.6 Å². The Labute approximate surface area is 120 Å². The Kier molecular flexibility index (Phi) is 3.35. The largest absolute Gasteiger partial charge is 0.324 e. The summed E-state index contributed by atoms with van der Waals surface area (Å²) in [5.41, 5.74) is 2.07. The van der Waals surface area contributed by atoms with Crippen molar-refractivity contribution < 1.29 is 9.18 Å². The highest BCUT2D eigenvalue weighted by Gasteiger charge is 2.18. The van der Waals surface area contributed by atoms with Crippen LogP contribution in [-0.2, 0) is 4.79 Å². The number of benzene rings is 2. The van der Waals surface area contributed by atoms with Crippen molar-refractivity contribution in [3.63, 3.8) is 0 Å². The minimum Gasteiger partial charge on any atom is -0.324 e. The summed E-state index contributed by atoms with van der Waals surface area (Å²) in [7, 11) is 0. The van der Waals surface area contributed by atoms with Gasteiger partial charge in [-0.1, -0.05) is 17.3 Å². The molecule has 1 atom stereocenters. The number of rotatable bonds is 3. The summed E-state index contributed by atoms with van der Waals surface area (Å²) in [6.07, 6.45) is 0. The first-order valence-corrected chi connectivity index (χ1v) is 6.51. The first-order valence-electron chi connectivity index (χ1n) is 6.51. The first kappa shape index (κ1) is 13.2. The maximum Gasteiger partial charge on any atom is 0.249 e. The minimum atomic E-state index is -0.526. The molecule has 1 aromatic heterocycles. The fourth-order valence-electron chi connectivity index (χ4n) is 2.06. The second-order valence-corrected chi connectivity index (χ2v) is 4.69. The Morgan fingerprint density at radius 1 is 1.19 bits per heavy atom. The molecule has 1 unspecified atom stereocenters. The molecular weight excluding hydrogens is 271 g/mol. The molecule has 6 heteroatoms. The van der Waals surface area contributed by atoms with E-state index >= 15 is 0 Å². The number of amides is 1. The van der Waals surface area contributed by atoms with Gasteiger partial charge in [0.25, 0.3) is 0 Å². The van der Waals surface area contributed by atoms with Gasteiger partial charge in [-0.05, 0) is 43.3 Å². The van der Waals surface area contributed by atoms with Crippen molar-refractivity contribution in [3.05, 3.63) is 54.3 Å². The van der Waals surface area contributed by atoms with Gasteiger partial charge in [-0.25, -0.2) is 9.07 Å². The van der Waals surface area contributed by atoms with Crippen molar-refractivity contribution >= 4 is 22.6 Å². The molecule has 21 heavy (non-hydrogen) atoms. The molecule has 0 aliphatic carbocycles. The fourth-order valence-corrected chi connectivity index (χ4v) is 2.06. The molecule has 0 saturated heterocycles. The second kappa shape index (κ2) is 5.32. The number of halogens is 1. The Morgan fingerprint density at radius 3 is 2.67 bits per heavy atom. The zero-order chi connectivity index (χ0) is 14.8. The van der Waals surface area contributed by atoms with Gasteiger partial charge in [-0.3, -0.25) is 4.79 Å². The normalized spacial score (nSPS) is 12.3. The van der Waals surface area contributed by atoms with Gasteiger partial charge in [0.1, 0.15) is 17.4 Å². The summed E-state index contributed by atoms with van der Waals surface area (Å²) >= 11 is 0. The van der Waals surface area contributed by atoms with Crippen molar-refractivity contribution in [3.8, 4) is 0 Å². The fraction of sp³-hybridized carbons (Fsp3) is 0.133. The molecule has 0 spiro atoms. The molecule has 1 N–H and O–H groups in total. The topological polar surface area (TPSA) is 59.8 Å². The van der Waals surface area contributed by atoms with Crippen molar-refractivity contribution in [2.45, 2.75) is 13.0 Å². The zero-order valence-corrected chi connectivity index (χ0v) is 11.3.